The number of nitrogens with zero attached hydrogens (tertiary/aromatic N) is 2. The SMILES string of the molecule is Cc1cc(Cl)ccc1OC(C)C(=O)N=Nc1c(O)[nH]c(=O)[nH]c1=O. The Morgan fingerprint density at radius 3 is 2.67 bits per heavy atom. The van der Waals surface area contributed by atoms with E-state index in [2.05, 4.69) is 10.2 Å². The second kappa shape index (κ2) is 7.09. The Morgan fingerprint density at radius 2 is 2.04 bits per heavy atom. The summed E-state index contributed by atoms with van der Waals surface area (Å²) in [7, 11) is 0. The molecule has 10 heteroatoms. The third-order valence-corrected chi connectivity index (χ3v) is 3.17. The standard InChI is InChI=1S/C14H13ClN4O5/c1-6-5-8(15)3-4-9(6)24-7(2)11(20)19-18-10-12(21)16-14(23)17-13(10)22/h3-5,7H,1-2H3,(H3,16,17,21,22,23). The number of hydrogen-bond donors (Lipinski definition) is 3. The number of nitrogens with one attached hydrogen (secondary N) is 2. The van der Waals surface area contributed by atoms with Gasteiger partial charge >= 0.3 is 11.6 Å². The lowest BCUT2D eigenvalue weighted by atomic mass is 10.2. The molecule has 0 fully saturated rings. The van der Waals surface area contributed by atoms with E-state index in [1.54, 1.807) is 25.1 Å². The van der Waals surface area contributed by atoms with Crippen LogP contribution in [0.2, 0.25) is 5.02 Å². The number of benzene rings is 1. The highest BCUT2D eigenvalue weighted by atomic mass is 35.5. The molecule has 126 valence electrons. The Hall–Kier alpha value is -2.94. The van der Waals surface area contributed by atoms with E-state index in [4.69, 9.17) is 16.3 Å². The number of halogens is 1. The highest BCUT2D eigenvalue weighted by molar-refractivity contribution is 6.30. The summed E-state index contributed by atoms with van der Waals surface area (Å²) in [6.45, 7) is 3.21. The van der Waals surface area contributed by atoms with Crippen LogP contribution < -0.4 is 16.0 Å². The van der Waals surface area contributed by atoms with Crippen molar-refractivity contribution in [3.8, 4) is 11.6 Å². The smallest absolute Gasteiger partial charge is 0.328 e. The van der Waals surface area contributed by atoms with Crippen molar-refractivity contribution in [1.82, 2.24) is 9.97 Å². The van der Waals surface area contributed by atoms with Gasteiger partial charge in [-0.15, -0.1) is 10.2 Å². The van der Waals surface area contributed by atoms with Gasteiger partial charge in [0.25, 0.3) is 5.56 Å². The summed E-state index contributed by atoms with van der Waals surface area (Å²) in [5.41, 5.74) is -1.74. The highest BCUT2D eigenvalue weighted by Gasteiger charge is 2.16. The molecule has 0 radical (unpaired) electrons. The van der Waals surface area contributed by atoms with Gasteiger partial charge in [-0.2, -0.15) is 0 Å². The van der Waals surface area contributed by atoms with Gasteiger partial charge in [-0.1, -0.05) is 11.6 Å². The molecule has 2 aromatic rings. The van der Waals surface area contributed by atoms with Gasteiger partial charge in [0.05, 0.1) is 0 Å². The number of amides is 1. The number of azo groups is 1. The lowest BCUT2D eigenvalue weighted by molar-refractivity contribution is -0.124. The second-order valence-corrected chi connectivity index (χ2v) is 5.25. The highest BCUT2D eigenvalue weighted by Crippen LogP contribution is 2.23. The van der Waals surface area contributed by atoms with Crippen molar-refractivity contribution >= 4 is 23.2 Å². The van der Waals surface area contributed by atoms with E-state index in [0.29, 0.717) is 10.8 Å². The van der Waals surface area contributed by atoms with Crippen LogP contribution in [0.15, 0.2) is 38.0 Å². The van der Waals surface area contributed by atoms with E-state index in [1.807, 2.05) is 9.97 Å². The summed E-state index contributed by atoms with van der Waals surface area (Å²) < 4.78 is 5.46. The fourth-order valence-electron chi connectivity index (χ4n) is 1.73. The van der Waals surface area contributed by atoms with Crippen LogP contribution >= 0.6 is 11.6 Å². The zero-order valence-electron chi connectivity index (χ0n) is 12.7. The summed E-state index contributed by atoms with van der Waals surface area (Å²) in [6, 6.07) is 4.89. The monoisotopic (exact) mass is 352 g/mol. The third kappa shape index (κ3) is 4.07. The zero-order chi connectivity index (χ0) is 17.9. The number of aromatic nitrogens is 2. The van der Waals surface area contributed by atoms with Crippen molar-refractivity contribution in [2.45, 2.75) is 20.0 Å². The predicted molar refractivity (Wildman–Crippen MR) is 85.2 cm³/mol. The van der Waals surface area contributed by atoms with E-state index in [1.165, 1.54) is 6.92 Å². The molecular formula is C14H13ClN4O5. The molecule has 1 heterocycles. The molecule has 0 aliphatic carbocycles. The van der Waals surface area contributed by atoms with Gasteiger partial charge in [-0.05, 0) is 37.6 Å². The Bertz CT molecular complexity index is 918. The van der Waals surface area contributed by atoms with Crippen molar-refractivity contribution in [1.29, 1.82) is 0 Å². The Labute approximate surface area is 140 Å². The number of H-pyrrole nitrogens is 2. The molecule has 1 aromatic carbocycles. The molecule has 1 unspecified atom stereocenters. The summed E-state index contributed by atoms with van der Waals surface area (Å²) in [5.74, 6) is -1.13. The zero-order valence-corrected chi connectivity index (χ0v) is 13.4. The minimum absolute atomic E-state index is 0.445. The maximum Gasteiger partial charge on any atom is 0.328 e. The minimum Gasteiger partial charge on any atom is -0.493 e. The molecule has 24 heavy (non-hydrogen) atoms. The first kappa shape index (κ1) is 17.4. The van der Waals surface area contributed by atoms with Crippen molar-refractivity contribution in [3.05, 3.63) is 49.6 Å². The maximum absolute atomic E-state index is 11.9. The number of carbonyl (C=O) groups excluding carboxylic acids is 1. The van der Waals surface area contributed by atoms with E-state index in [-0.39, 0.29) is 0 Å². The molecule has 0 aliphatic heterocycles. The lowest BCUT2D eigenvalue weighted by Gasteiger charge is -2.13. The third-order valence-electron chi connectivity index (χ3n) is 2.94. The normalized spacial score (nSPS) is 12.3. The molecule has 2 rings (SSSR count). The molecule has 0 spiro atoms. The van der Waals surface area contributed by atoms with E-state index < -0.39 is 34.8 Å². The maximum atomic E-state index is 11.9. The molecule has 0 saturated heterocycles. The van der Waals surface area contributed by atoms with Crippen molar-refractivity contribution in [2.75, 3.05) is 0 Å². The average Bonchev–Trinajstić information content (AvgIpc) is 2.48. The fraction of sp³-hybridized carbons (Fsp3) is 0.214. The molecule has 0 bridgehead atoms. The van der Waals surface area contributed by atoms with Crippen molar-refractivity contribution in [2.24, 2.45) is 10.2 Å². The molecule has 1 aromatic heterocycles. The van der Waals surface area contributed by atoms with Gasteiger partial charge in [0.2, 0.25) is 11.6 Å². The molecule has 0 aliphatic rings. The van der Waals surface area contributed by atoms with Gasteiger partial charge in [-0.25, -0.2) is 4.79 Å². The fourth-order valence-corrected chi connectivity index (χ4v) is 1.95. The minimum atomic E-state index is -0.988. The van der Waals surface area contributed by atoms with Crippen LogP contribution in [0.3, 0.4) is 0 Å². The Kier molecular flexibility index (Phi) is 5.14. The summed E-state index contributed by atoms with van der Waals surface area (Å²) in [5, 5.41) is 16.6. The number of aromatic hydroxyl groups is 1. The topological polar surface area (TPSA) is 137 Å². The average molecular weight is 353 g/mol. The number of aromatic amines is 2. The van der Waals surface area contributed by atoms with Crippen LogP contribution in [0.1, 0.15) is 12.5 Å². The van der Waals surface area contributed by atoms with Crippen LogP contribution in [0.4, 0.5) is 5.69 Å². The van der Waals surface area contributed by atoms with Crippen molar-refractivity contribution in [3.63, 3.8) is 0 Å². The molecule has 1 atom stereocenters. The molecule has 0 saturated carbocycles. The molecule has 9 nitrogen and oxygen atoms in total. The first-order valence-electron chi connectivity index (χ1n) is 6.72. The van der Waals surface area contributed by atoms with E-state index in [0.717, 1.165) is 5.56 Å². The predicted octanol–water partition coefficient (Wildman–Crippen LogP) is 1.81. The first-order valence-corrected chi connectivity index (χ1v) is 7.09. The quantitative estimate of drug-likeness (QED) is 0.720. The van der Waals surface area contributed by atoms with Gasteiger partial charge < -0.3 is 9.84 Å². The van der Waals surface area contributed by atoms with Gasteiger partial charge in [0.1, 0.15) is 5.75 Å². The molecular weight excluding hydrogens is 340 g/mol. The van der Waals surface area contributed by atoms with Gasteiger partial charge in [0.15, 0.2) is 6.10 Å². The first-order chi connectivity index (χ1) is 11.3. The van der Waals surface area contributed by atoms with Gasteiger partial charge in [-0.3, -0.25) is 19.6 Å². The summed E-state index contributed by atoms with van der Waals surface area (Å²) in [4.78, 5) is 38.1. The van der Waals surface area contributed by atoms with E-state index >= 15 is 0 Å². The van der Waals surface area contributed by atoms with Crippen LogP contribution in [-0.4, -0.2) is 27.1 Å². The second-order valence-electron chi connectivity index (χ2n) is 4.81. The number of ether oxygens (including phenoxy) is 1. The summed E-state index contributed by atoms with van der Waals surface area (Å²) in [6.07, 6.45) is -0.988. The van der Waals surface area contributed by atoms with Crippen LogP contribution in [0.5, 0.6) is 11.6 Å². The van der Waals surface area contributed by atoms with Crippen LogP contribution in [-0.2, 0) is 4.79 Å². The largest absolute Gasteiger partial charge is 0.493 e. The molecule has 1 amide bonds. The van der Waals surface area contributed by atoms with Crippen molar-refractivity contribution < 1.29 is 14.6 Å². The molecule has 3 N–H and O–H groups in total. The Balaban J connectivity index is 2.14. The number of carbonyl (C=O) groups is 1. The van der Waals surface area contributed by atoms with Crippen LogP contribution in [0.25, 0.3) is 0 Å². The lowest BCUT2D eigenvalue weighted by Crippen LogP contribution is -2.23. The summed E-state index contributed by atoms with van der Waals surface area (Å²) >= 11 is 5.84. The Morgan fingerprint density at radius 1 is 1.33 bits per heavy atom. The number of rotatable bonds is 4. The van der Waals surface area contributed by atoms with Crippen LogP contribution in [0, 0.1) is 6.92 Å². The number of aryl methyl sites for hydroxylation is 1. The van der Waals surface area contributed by atoms with E-state index in [9.17, 15) is 19.5 Å². The van der Waals surface area contributed by atoms with Gasteiger partial charge in [0, 0.05) is 5.02 Å². The number of hydrogen-bond acceptors (Lipinski definition) is 6.